The van der Waals surface area contributed by atoms with E-state index in [4.69, 9.17) is 0 Å². The van der Waals surface area contributed by atoms with Crippen LogP contribution in [0.5, 0.6) is 0 Å². The highest BCUT2D eigenvalue weighted by molar-refractivity contribution is 6.05. The van der Waals surface area contributed by atoms with E-state index in [1.54, 1.807) is 11.0 Å². The number of anilines is 2. The Hall–Kier alpha value is -2.80. The van der Waals surface area contributed by atoms with Crippen LogP contribution in [-0.2, 0) is 11.3 Å². The SMILES string of the molecule is CC(C)C1Nc2ccccc2N(Cc2ccccc2C#N)C1=O. The van der Waals surface area contributed by atoms with Gasteiger partial charge in [-0.1, -0.05) is 44.2 Å². The molecule has 0 spiro atoms. The third-order valence-corrected chi connectivity index (χ3v) is 4.17. The third kappa shape index (κ3) is 2.78. The Morgan fingerprint density at radius 2 is 1.87 bits per heavy atom. The molecule has 0 bridgehead atoms. The summed E-state index contributed by atoms with van der Waals surface area (Å²) in [6.45, 7) is 4.47. The molecule has 1 aliphatic rings. The van der Waals surface area contributed by atoms with Gasteiger partial charge in [0, 0.05) is 0 Å². The van der Waals surface area contributed by atoms with Crippen LogP contribution in [0, 0.1) is 17.2 Å². The zero-order valence-electron chi connectivity index (χ0n) is 13.3. The minimum absolute atomic E-state index is 0.0476. The maximum Gasteiger partial charge on any atom is 0.250 e. The largest absolute Gasteiger partial charge is 0.372 e. The van der Waals surface area contributed by atoms with E-state index in [1.165, 1.54) is 0 Å². The molecule has 1 N–H and O–H groups in total. The van der Waals surface area contributed by atoms with Crippen molar-refractivity contribution >= 4 is 17.3 Å². The van der Waals surface area contributed by atoms with Gasteiger partial charge in [-0.05, 0) is 29.7 Å². The first kappa shape index (κ1) is 15.1. The van der Waals surface area contributed by atoms with Gasteiger partial charge in [0.2, 0.25) is 5.91 Å². The molecule has 0 saturated carbocycles. The molecule has 3 rings (SSSR count). The standard InChI is InChI=1S/C19H19N3O/c1-13(2)18-19(23)22(17-10-6-5-9-16(17)21-18)12-15-8-4-3-7-14(15)11-20/h3-10,13,18,21H,12H2,1-2H3. The first-order valence-corrected chi connectivity index (χ1v) is 7.76. The van der Waals surface area contributed by atoms with E-state index in [9.17, 15) is 10.1 Å². The minimum Gasteiger partial charge on any atom is -0.372 e. The highest BCUT2D eigenvalue weighted by Gasteiger charge is 2.34. The predicted octanol–water partition coefficient (Wildman–Crippen LogP) is 3.54. The molecule has 1 aliphatic heterocycles. The Labute approximate surface area is 136 Å². The van der Waals surface area contributed by atoms with Gasteiger partial charge in [0.15, 0.2) is 0 Å². The van der Waals surface area contributed by atoms with E-state index in [-0.39, 0.29) is 17.9 Å². The number of hydrogen-bond acceptors (Lipinski definition) is 3. The Morgan fingerprint density at radius 1 is 1.17 bits per heavy atom. The van der Waals surface area contributed by atoms with Gasteiger partial charge in [-0.15, -0.1) is 0 Å². The number of rotatable bonds is 3. The molecule has 1 unspecified atom stereocenters. The van der Waals surface area contributed by atoms with Crippen LogP contribution in [0.1, 0.15) is 25.0 Å². The van der Waals surface area contributed by atoms with E-state index in [0.29, 0.717) is 12.1 Å². The van der Waals surface area contributed by atoms with Gasteiger partial charge in [0.05, 0.1) is 29.6 Å². The van der Waals surface area contributed by atoms with E-state index < -0.39 is 0 Å². The van der Waals surface area contributed by atoms with Gasteiger partial charge >= 0.3 is 0 Å². The second kappa shape index (κ2) is 6.13. The number of fused-ring (bicyclic) bond motifs is 1. The lowest BCUT2D eigenvalue weighted by atomic mass is 9.98. The number of benzene rings is 2. The average molecular weight is 305 g/mol. The van der Waals surface area contributed by atoms with Crippen molar-refractivity contribution < 1.29 is 4.79 Å². The summed E-state index contributed by atoms with van der Waals surface area (Å²) in [6, 6.07) is 17.2. The van der Waals surface area contributed by atoms with Crippen LogP contribution in [0.4, 0.5) is 11.4 Å². The van der Waals surface area contributed by atoms with Crippen LogP contribution in [0.2, 0.25) is 0 Å². The molecule has 0 radical (unpaired) electrons. The quantitative estimate of drug-likeness (QED) is 0.943. The minimum atomic E-state index is -0.251. The Bertz CT molecular complexity index is 776. The molecule has 1 atom stereocenters. The molecule has 2 aromatic rings. The summed E-state index contributed by atoms with van der Waals surface area (Å²) in [6.07, 6.45) is 0. The monoisotopic (exact) mass is 305 g/mol. The van der Waals surface area contributed by atoms with Gasteiger partial charge in [0.25, 0.3) is 0 Å². The second-order valence-corrected chi connectivity index (χ2v) is 6.08. The number of carbonyl (C=O) groups excluding carboxylic acids is 1. The molecular formula is C19H19N3O. The zero-order valence-corrected chi connectivity index (χ0v) is 13.3. The summed E-state index contributed by atoms with van der Waals surface area (Å²) >= 11 is 0. The first-order chi connectivity index (χ1) is 11.1. The maximum absolute atomic E-state index is 12.9. The number of nitriles is 1. The zero-order chi connectivity index (χ0) is 16.4. The Kier molecular flexibility index (Phi) is 4.03. The Morgan fingerprint density at radius 3 is 2.61 bits per heavy atom. The second-order valence-electron chi connectivity index (χ2n) is 6.08. The van der Waals surface area contributed by atoms with Gasteiger partial charge < -0.3 is 10.2 Å². The lowest BCUT2D eigenvalue weighted by Gasteiger charge is -2.37. The van der Waals surface area contributed by atoms with Crippen molar-refractivity contribution in [2.24, 2.45) is 5.92 Å². The van der Waals surface area contributed by atoms with Crippen molar-refractivity contribution in [2.75, 3.05) is 10.2 Å². The van der Waals surface area contributed by atoms with E-state index in [2.05, 4.69) is 11.4 Å². The number of carbonyl (C=O) groups is 1. The first-order valence-electron chi connectivity index (χ1n) is 7.76. The molecule has 116 valence electrons. The van der Waals surface area contributed by atoms with Crippen molar-refractivity contribution in [3.63, 3.8) is 0 Å². The molecule has 1 amide bonds. The number of hydrogen-bond donors (Lipinski definition) is 1. The lowest BCUT2D eigenvalue weighted by Crippen LogP contribution is -2.49. The van der Waals surface area contributed by atoms with Crippen molar-refractivity contribution in [3.05, 3.63) is 59.7 Å². The smallest absolute Gasteiger partial charge is 0.250 e. The van der Waals surface area contributed by atoms with Crippen LogP contribution in [0.3, 0.4) is 0 Å². The van der Waals surface area contributed by atoms with Crippen LogP contribution in [-0.4, -0.2) is 11.9 Å². The van der Waals surface area contributed by atoms with Crippen LogP contribution in [0.25, 0.3) is 0 Å². The summed E-state index contributed by atoms with van der Waals surface area (Å²) in [5.41, 5.74) is 3.29. The van der Waals surface area contributed by atoms with E-state index in [1.807, 2.05) is 56.3 Å². The van der Waals surface area contributed by atoms with Gasteiger partial charge in [-0.25, -0.2) is 0 Å². The van der Waals surface area contributed by atoms with Crippen molar-refractivity contribution in [3.8, 4) is 6.07 Å². The van der Waals surface area contributed by atoms with Gasteiger partial charge in [-0.2, -0.15) is 5.26 Å². The fourth-order valence-electron chi connectivity index (χ4n) is 2.90. The molecule has 4 heteroatoms. The van der Waals surface area contributed by atoms with Crippen molar-refractivity contribution in [1.29, 1.82) is 5.26 Å². The van der Waals surface area contributed by atoms with Crippen molar-refractivity contribution in [1.82, 2.24) is 0 Å². The molecule has 0 aromatic heterocycles. The van der Waals surface area contributed by atoms with E-state index >= 15 is 0 Å². The van der Waals surface area contributed by atoms with Gasteiger partial charge in [-0.3, -0.25) is 4.79 Å². The van der Waals surface area contributed by atoms with E-state index in [0.717, 1.165) is 16.9 Å². The molecular weight excluding hydrogens is 286 g/mol. The maximum atomic E-state index is 12.9. The average Bonchev–Trinajstić information content (AvgIpc) is 2.57. The molecule has 2 aromatic carbocycles. The normalized spacial score (nSPS) is 16.7. The fraction of sp³-hybridized carbons (Fsp3) is 0.263. The number of para-hydroxylation sites is 2. The highest BCUT2D eigenvalue weighted by atomic mass is 16.2. The summed E-state index contributed by atoms with van der Waals surface area (Å²) in [4.78, 5) is 14.7. The summed E-state index contributed by atoms with van der Waals surface area (Å²) in [5.74, 6) is 0.232. The molecule has 0 saturated heterocycles. The summed E-state index contributed by atoms with van der Waals surface area (Å²) in [7, 11) is 0. The molecule has 0 fully saturated rings. The molecule has 23 heavy (non-hydrogen) atoms. The highest BCUT2D eigenvalue weighted by Crippen LogP contribution is 2.34. The molecule has 4 nitrogen and oxygen atoms in total. The predicted molar refractivity (Wildman–Crippen MR) is 91.0 cm³/mol. The summed E-state index contributed by atoms with van der Waals surface area (Å²) < 4.78 is 0. The fourth-order valence-corrected chi connectivity index (χ4v) is 2.90. The summed E-state index contributed by atoms with van der Waals surface area (Å²) in [5, 5.41) is 12.6. The lowest BCUT2D eigenvalue weighted by molar-refractivity contribution is -0.120. The van der Waals surface area contributed by atoms with Crippen LogP contribution in [0.15, 0.2) is 48.5 Å². The van der Waals surface area contributed by atoms with Crippen molar-refractivity contribution in [2.45, 2.75) is 26.4 Å². The molecule has 0 aliphatic carbocycles. The topological polar surface area (TPSA) is 56.1 Å². The number of amides is 1. The number of nitrogens with zero attached hydrogens (tertiary/aromatic N) is 2. The Balaban J connectivity index is 2.02. The number of nitrogens with one attached hydrogen (secondary N) is 1. The third-order valence-electron chi connectivity index (χ3n) is 4.17. The van der Waals surface area contributed by atoms with Crippen LogP contribution < -0.4 is 10.2 Å². The molecule has 1 heterocycles. The van der Waals surface area contributed by atoms with Crippen LogP contribution >= 0.6 is 0 Å². The van der Waals surface area contributed by atoms with Gasteiger partial charge in [0.1, 0.15) is 6.04 Å².